The number of fused-ring (bicyclic) bond motifs is 1. The fourth-order valence-electron chi connectivity index (χ4n) is 3.08. The van der Waals surface area contributed by atoms with Crippen molar-refractivity contribution in [1.29, 1.82) is 0 Å². The van der Waals surface area contributed by atoms with Crippen LogP contribution in [0, 0.1) is 5.92 Å². The van der Waals surface area contributed by atoms with Gasteiger partial charge in [-0.3, -0.25) is 0 Å². The summed E-state index contributed by atoms with van der Waals surface area (Å²) in [5.41, 5.74) is 0.894. The molecule has 3 rings (SSSR count). The molecule has 2 aliphatic heterocycles. The monoisotopic (exact) mass is 340 g/mol. The fraction of sp³-hybridized carbons (Fsp3) is 0.625. The first kappa shape index (κ1) is 16.5. The van der Waals surface area contributed by atoms with Crippen LogP contribution < -0.4 is 9.47 Å². The highest BCUT2D eigenvalue weighted by Crippen LogP contribution is 2.31. The number of rotatable bonds is 4. The molecule has 1 aromatic carbocycles. The smallest absolute Gasteiger partial charge is 0.282 e. The predicted molar refractivity (Wildman–Crippen MR) is 87.8 cm³/mol. The zero-order chi connectivity index (χ0) is 16.4. The van der Waals surface area contributed by atoms with E-state index in [0.29, 0.717) is 44.5 Å². The first-order valence-electron chi connectivity index (χ1n) is 8.07. The highest BCUT2D eigenvalue weighted by molar-refractivity contribution is 7.86. The molecule has 23 heavy (non-hydrogen) atoms. The van der Waals surface area contributed by atoms with E-state index in [1.54, 1.807) is 11.4 Å². The summed E-state index contributed by atoms with van der Waals surface area (Å²) in [6.45, 7) is 4.71. The largest absolute Gasteiger partial charge is 0.486 e. The summed E-state index contributed by atoms with van der Waals surface area (Å²) < 4.78 is 39.5. The first-order valence-corrected chi connectivity index (χ1v) is 9.46. The lowest BCUT2D eigenvalue weighted by atomic mass is 10.0. The van der Waals surface area contributed by atoms with Gasteiger partial charge in [-0.05, 0) is 36.5 Å². The molecule has 1 aromatic rings. The Labute approximate surface area is 138 Å². The molecule has 0 radical (unpaired) electrons. The molecule has 128 valence electrons. The Balaban J connectivity index is 1.71. The van der Waals surface area contributed by atoms with Gasteiger partial charge in [0.15, 0.2) is 11.5 Å². The topological polar surface area (TPSA) is 59.1 Å². The molecule has 2 aliphatic rings. The standard InChI is InChI=1S/C16H24N2O4S/c1-13-4-3-7-18(11-13)23(19,20)17(2)12-14-5-6-15-16(10-14)22-9-8-21-15/h5-6,10,13H,3-4,7-9,11-12H2,1-2H3/t13-/m0/s1. The van der Waals surface area contributed by atoms with Crippen LogP contribution >= 0.6 is 0 Å². The van der Waals surface area contributed by atoms with E-state index in [4.69, 9.17) is 9.47 Å². The van der Waals surface area contributed by atoms with E-state index in [0.717, 1.165) is 24.2 Å². The average Bonchev–Trinajstić information content (AvgIpc) is 2.54. The number of hydrogen-bond acceptors (Lipinski definition) is 4. The maximum absolute atomic E-state index is 12.7. The van der Waals surface area contributed by atoms with Crippen LogP contribution in [-0.2, 0) is 16.8 Å². The van der Waals surface area contributed by atoms with Crippen molar-refractivity contribution in [2.75, 3.05) is 33.4 Å². The van der Waals surface area contributed by atoms with Gasteiger partial charge in [0.1, 0.15) is 13.2 Å². The quantitative estimate of drug-likeness (QED) is 0.839. The lowest BCUT2D eigenvalue weighted by Gasteiger charge is -2.33. The van der Waals surface area contributed by atoms with Crippen molar-refractivity contribution in [3.63, 3.8) is 0 Å². The van der Waals surface area contributed by atoms with Crippen LogP contribution in [0.3, 0.4) is 0 Å². The SMILES string of the molecule is C[C@H]1CCCN(S(=O)(=O)N(C)Cc2ccc3c(c2)OCCO3)C1. The average molecular weight is 340 g/mol. The Morgan fingerprint density at radius 1 is 1.26 bits per heavy atom. The molecule has 1 atom stereocenters. The van der Waals surface area contributed by atoms with Gasteiger partial charge < -0.3 is 9.47 Å². The molecule has 7 heteroatoms. The van der Waals surface area contributed by atoms with Crippen molar-refractivity contribution in [3.05, 3.63) is 23.8 Å². The van der Waals surface area contributed by atoms with E-state index in [1.165, 1.54) is 4.31 Å². The molecule has 2 heterocycles. The molecule has 0 bridgehead atoms. The number of piperidine rings is 1. The molecule has 1 fully saturated rings. The Hall–Kier alpha value is -1.31. The predicted octanol–water partition coefficient (Wildman–Crippen LogP) is 1.87. The third-order valence-corrected chi connectivity index (χ3v) is 6.25. The second kappa shape index (κ2) is 6.67. The van der Waals surface area contributed by atoms with Crippen LogP contribution in [0.25, 0.3) is 0 Å². The minimum absolute atomic E-state index is 0.323. The van der Waals surface area contributed by atoms with Gasteiger partial charge >= 0.3 is 0 Å². The maximum Gasteiger partial charge on any atom is 0.282 e. The van der Waals surface area contributed by atoms with Gasteiger partial charge in [-0.1, -0.05) is 13.0 Å². The van der Waals surface area contributed by atoms with Crippen molar-refractivity contribution in [3.8, 4) is 11.5 Å². The molecule has 0 N–H and O–H groups in total. The van der Waals surface area contributed by atoms with Crippen LogP contribution in [0.1, 0.15) is 25.3 Å². The summed E-state index contributed by atoms with van der Waals surface area (Å²) in [5, 5.41) is 0. The van der Waals surface area contributed by atoms with E-state index >= 15 is 0 Å². The highest BCUT2D eigenvalue weighted by atomic mass is 32.2. The van der Waals surface area contributed by atoms with Crippen LogP contribution in [0.15, 0.2) is 18.2 Å². The second-order valence-corrected chi connectivity index (χ2v) is 8.38. The summed E-state index contributed by atoms with van der Waals surface area (Å²) in [4.78, 5) is 0. The van der Waals surface area contributed by atoms with Gasteiger partial charge in [0.2, 0.25) is 0 Å². The van der Waals surface area contributed by atoms with E-state index in [1.807, 2.05) is 18.2 Å². The van der Waals surface area contributed by atoms with Gasteiger partial charge in [-0.15, -0.1) is 0 Å². The molecule has 1 saturated heterocycles. The Morgan fingerprint density at radius 2 is 2.00 bits per heavy atom. The summed E-state index contributed by atoms with van der Waals surface area (Å²) in [6, 6.07) is 5.59. The van der Waals surface area contributed by atoms with Gasteiger partial charge in [-0.2, -0.15) is 17.0 Å². The van der Waals surface area contributed by atoms with Gasteiger partial charge in [-0.25, -0.2) is 0 Å². The van der Waals surface area contributed by atoms with E-state index in [9.17, 15) is 8.42 Å². The number of nitrogens with zero attached hydrogens (tertiary/aromatic N) is 2. The highest BCUT2D eigenvalue weighted by Gasteiger charge is 2.30. The summed E-state index contributed by atoms with van der Waals surface area (Å²) >= 11 is 0. The van der Waals surface area contributed by atoms with Crippen molar-refractivity contribution < 1.29 is 17.9 Å². The summed E-state index contributed by atoms with van der Waals surface area (Å²) in [5.74, 6) is 1.82. The minimum atomic E-state index is -3.42. The molecule has 0 unspecified atom stereocenters. The van der Waals surface area contributed by atoms with E-state index in [2.05, 4.69) is 6.92 Å². The molecule has 0 aromatic heterocycles. The van der Waals surface area contributed by atoms with Crippen LogP contribution in [-0.4, -0.2) is 50.4 Å². The lowest BCUT2D eigenvalue weighted by Crippen LogP contribution is -2.46. The summed E-state index contributed by atoms with van der Waals surface area (Å²) in [6.07, 6.45) is 2.02. The molecular weight excluding hydrogens is 316 g/mol. The molecule has 0 spiro atoms. The molecule has 6 nitrogen and oxygen atoms in total. The van der Waals surface area contributed by atoms with Crippen LogP contribution in [0.5, 0.6) is 11.5 Å². The van der Waals surface area contributed by atoms with Crippen LogP contribution in [0.2, 0.25) is 0 Å². The minimum Gasteiger partial charge on any atom is -0.486 e. The van der Waals surface area contributed by atoms with Gasteiger partial charge in [0, 0.05) is 26.7 Å². The van der Waals surface area contributed by atoms with Gasteiger partial charge in [0.05, 0.1) is 0 Å². The summed E-state index contributed by atoms with van der Waals surface area (Å²) in [7, 11) is -1.79. The van der Waals surface area contributed by atoms with Crippen molar-refractivity contribution in [2.45, 2.75) is 26.3 Å². The number of hydrogen-bond donors (Lipinski definition) is 0. The normalized spacial score (nSPS) is 22.3. The Bertz CT molecular complexity index is 662. The number of benzene rings is 1. The van der Waals surface area contributed by atoms with Crippen molar-refractivity contribution >= 4 is 10.2 Å². The molecule has 0 aliphatic carbocycles. The molecular formula is C16H24N2O4S. The second-order valence-electron chi connectivity index (χ2n) is 6.35. The molecule has 0 amide bonds. The van der Waals surface area contributed by atoms with E-state index in [-0.39, 0.29) is 0 Å². The van der Waals surface area contributed by atoms with E-state index < -0.39 is 10.2 Å². The van der Waals surface area contributed by atoms with Crippen molar-refractivity contribution in [1.82, 2.24) is 8.61 Å². The Morgan fingerprint density at radius 3 is 2.74 bits per heavy atom. The first-order chi connectivity index (χ1) is 11.0. The zero-order valence-corrected chi connectivity index (χ0v) is 14.5. The number of ether oxygens (including phenoxy) is 2. The zero-order valence-electron chi connectivity index (χ0n) is 13.7. The van der Waals surface area contributed by atoms with Gasteiger partial charge in [0.25, 0.3) is 10.2 Å². The Kier molecular flexibility index (Phi) is 4.79. The maximum atomic E-state index is 12.7. The van der Waals surface area contributed by atoms with Crippen LogP contribution in [0.4, 0.5) is 0 Å². The fourth-order valence-corrected chi connectivity index (χ4v) is 4.59. The lowest BCUT2D eigenvalue weighted by molar-refractivity contribution is 0.171. The third-order valence-electron chi connectivity index (χ3n) is 4.35. The molecule has 0 saturated carbocycles. The third kappa shape index (κ3) is 3.62. The van der Waals surface area contributed by atoms with Crippen molar-refractivity contribution in [2.24, 2.45) is 5.92 Å².